The van der Waals surface area contributed by atoms with E-state index in [2.05, 4.69) is 6.92 Å². The van der Waals surface area contributed by atoms with Gasteiger partial charge in [-0.1, -0.05) is 45.4 Å². The molecule has 0 N–H and O–H groups in total. The first-order chi connectivity index (χ1) is 7.79. The lowest BCUT2D eigenvalue weighted by molar-refractivity contribution is -0.145. The lowest BCUT2D eigenvalue weighted by atomic mass is 10.1. The fourth-order valence-electron chi connectivity index (χ4n) is 2.29. The second kappa shape index (κ2) is 7.70. The van der Waals surface area contributed by atoms with E-state index >= 15 is 0 Å². The van der Waals surface area contributed by atoms with Gasteiger partial charge in [0.15, 0.2) is 0 Å². The molecule has 0 heterocycles. The molecule has 0 bridgehead atoms. The fraction of sp³-hybridized carbons (Fsp3) is 0.929. The van der Waals surface area contributed by atoms with Crippen LogP contribution in [0.5, 0.6) is 0 Å². The molecule has 2 unspecified atom stereocenters. The predicted octanol–water partition coefficient (Wildman–Crippen LogP) is 3.94. The van der Waals surface area contributed by atoms with Crippen LogP contribution in [-0.2, 0) is 9.53 Å². The van der Waals surface area contributed by atoms with Crippen LogP contribution < -0.4 is 0 Å². The quantitative estimate of drug-likeness (QED) is 0.440. The van der Waals surface area contributed by atoms with Crippen molar-refractivity contribution in [2.75, 3.05) is 6.61 Å². The van der Waals surface area contributed by atoms with Gasteiger partial charge in [-0.2, -0.15) is 0 Å². The van der Waals surface area contributed by atoms with Crippen LogP contribution in [0.25, 0.3) is 0 Å². The first-order valence-electron chi connectivity index (χ1n) is 6.96. The van der Waals surface area contributed by atoms with Gasteiger partial charge in [0.25, 0.3) is 0 Å². The molecule has 0 aromatic rings. The zero-order valence-corrected chi connectivity index (χ0v) is 10.8. The van der Waals surface area contributed by atoms with Crippen molar-refractivity contribution in [2.45, 2.75) is 65.2 Å². The van der Waals surface area contributed by atoms with Gasteiger partial charge in [0.1, 0.15) is 0 Å². The van der Waals surface area contributed by atoms with E-state index in [1.54, 1.807) is 0 Å². The zero-order chi connectivity index (χ0) is 11.8. The van der Waals surface area contributed by atoms with Crippen LogP contribution in [0.3, 0.4) is 0 Å². The van der Waals surface area contributed by atoms with Gasteiger partial charge in [-0.15, -0.1) is 0 Å². The zero-order valence-electron chi connectivity index (χ0n) is 10.8. The molecule has 0 aromatic heterocycles. The van der Waals surface area contributed by atoms with Gasteiger partial charge < -0.3 is 4.74 Å². The molecule has 1 fully saturated rings. The van der Waals surface area contributed by atoms with Crippen molar-refractivity contribution >= 4 is 5.97 Å². The van der Waals surface area contributed by atoms with Crippen molar-refractivity contribution < 1.29 is 9.53 Å². The third kappa shape index (κ3) is 5.00. The summed E-state index contributed by atoms with van der Waals surface area (Å²) >= 11 is 0. The van der Waals surface area contributed by atoms with Crippen molar-refractivity contribution in [3.05, 3.63) is 0 Å². The van der Waals surface area contributed by atoms with Crippen LogP contribution in [0.4, 0.5) is 0 Å². The molecule has 2 heteroatoms. The third-order valence-corrected chi connectivity index (χ3v) is 3.44. The third-order valence-electron chi connectivity index (χ3n) is 3.44. The van der Waals surface area contributed by atoms with Crippen molar-refractivity contribution in [2.24, 2.45) is 11.8 Å². The Morgan fingerprint density at radius 3 is 2.50 bits per heavy atom. The SMILES string of the molecule is CCCCCCCCC1CC1C(=O)OCC. The van der Waals surface area contributed by atoms with E-state index in [4.69, 9.17) is 4.74 Å². The lowest BCUT2D eigenvalue weighted by Crippen LogP contribution is -2.07. The van der Waals surface area contributed by atoms with Crippen molar-refractivity contribution in [1.29, 1.82) is 0 Å². The molecular formula is C14H26O2. The van der Waals surface area contributed by atoms with E-state index < -0.39 is 0 Å². The Hall–Kier alpha value is -0.530. The standard InChI is InChI=1S/C14H26O2/c1-3-5-6-7-8-9-10-12-11-13(12)14(15)16-4-2/h12-13H,3-11H2,1-2H3. The normalized spacial score (nSPS) is 23.1. The van der Waals surface area contributed by atoms with E-state index in [0.717, 1.165) is 6.42 Å². The molecule has 0 radical (unpaired) electrons. The Balaban J connectivity index is 1.90. The molecular weight excluding hydrogens is 200 g/mol. The van der Waals surface area contributed by atoms with E-state index in [9.17, 15) is 4.79 Å². The second-order valence-corrected chi connectivity index (χ2v) is 4.91. The fourth-order valence-corrected chi connectivity index (χ4v) is 2.29. The van der Waals surface area contributed by atoms with E-state index in [1.807, 2.05) is 6.92 Å². The monoisotopic (exact) mass is 226 g/mol. The lowest BCUT2D eigenvalue weighted by Gasteiger charge is -2.01. The minimum Gasteiger partial charge on any atom is -0.466 e. The predicted molar refractivity (Wildman–Crippen MR) is 66.2 cm³/mol. The van der Waals surface area contributed by atoms with Crippen LogP contribution in [0.2, 0.25) is 0 Å². The Labute approximate surface area is 99.8 Å². The molecule has 0 aliphatic heterocycles. The first kappa shape index (κ1) is 13.5. The van der Waals surface area contributed by atoms with Crippen molar-refractivity contribution in [1.82, 2.24) is 0 Å². The minimum atomic E-state index is 0.0403. The summed E-state index contributed by atoms with van der Waals surface area (Å²) in [5.74, 6) is 0.930. The highest BCUT2D eigenvalue weighted by Crippen LogP contribution is 2.43. The summed E-state index contributed by atoms with van der Waals surface area (Å²) in [6.45, 7) is 4.65. The van der Waals surface area contributed by atoms with Crippen LogP contribution in [0.15, 0.2) is 0 Å². The van der Waals surface area contributed by atoms with Gasteiger partial charge in [-0.25, -0.2) is 0 Å². The van der Waals surface area contributed by atoms with Crippen LogP contribution in [0, 0.1) is 11.8 Å². The van der Waals surface area contributed by atoms with Crippen molar-refractivity contribution in [3.63, 3.8) is 0 Å². The summed E-state index contributed by atoms with van der Waals surface area (Å²) < 4.78 is 5.02. The number of carbonyl (C=O) groups is 1. The molecule has 16 heavy (non-hydrogen) atoms. The number of esters is 1. The van der Waals surface area contributed by atoms with Gasteiger partial charge >= 0.3 is 5.97 Å². The highest BCUT2D eigenvalue weighted by atomic mass is 16.5. The van der Waals surface area contributed by atoms with Crippen LogP contribution in [0.1, 0.15) is 65.2 Å². The molecule has 0 spiro atoms. The number of hydrogen-bond acceptors (Lipinski definition) is 2. The van der Waals surface area contributed by atoms with Crippen molar-refractivity contribution in [3.8, 4) is 0 Å². The largest absolute Gasteiger partial charge is 0.466 e. The molecule has 1 saturated carbocycles. The molecule has 0 aromatic carbocycles. The summed E-state index contributed by atoms with van der Waals surface area (Å²) in [7, 11) is 0. The molecule has 2 atom stereocenters. The molecule has 1 aliphatic rings. The van der Waals surface area contributed by atoms with E-state index in [1.165, 1.54) is 44.9 Å². The smallest absolute Gasteiger partial charge is 0.309 e. The molecule has 2 nitrogen and oxygen atoms in total. The van der Waals surface area contributed by atoms with Gasteiger partial charge in [-0.3, -0.25) is 4.79 Å². The van der Waals surface area contributed by atoms with E-state index in [-0.39, 0.29) is 11.9 Å². The molecule has 94 valence electrons. The molecule has 0 saturated heterocycles. The molecule has 0 amide bonds. The maximum absolute atomic E-state index is 11.4. The van der Waals surface area contributed by atoms with Crippen LogP contribution in [-0.4, -0.2) is 12.6 Å². The number of rotatable bonds is 9. The van der Waals surface area contributed by atoms with Gasteiger partial charge in [0, 0.05) is 0 Å². The number of carbonyl (C=O) groups excluding carboxylic acids is 1. The Morgan fingerprint density at radius 1 is 1.12 bits per heavy atom. The number of unbranched alkanes of at least 4 members (excludes halogenated alkanes) is 5. The highest BCUT2D eigenvalue weighted by Gasteiger charge is 2.43. The summed E-state index contributed by atoms with van der Waals surface area (Å²) in [4.78, 5) is 11.4. The summed E-state index contributed by atoms with van der Waals surface area (Å²) in [5.41, 5.74) is 0. The Morgan fingerprint density at radius 2 is 1.81 bits per heavy atom. The number of ether oxygens (including phenoxy) is 1. The maximum atomic E-state index is 11.4. The second-order valence-electron chi connectivity index (χ2n) is 4.91. The topological polar surface area (TPSA) is 26.3 Å². The summed E-state index contributed by atoms with van der Waals surface area (Å²) in [5, 5.41) is 0. The maximum Gasteiger partial charge on any atom is 0.309 e. The van der Waals surface area contributed by atoms with Gasteiger partial charge in [-0.05, 0) is 25.7 Å². The van der Waals surface area contributed by atoms with Gasteiger partial charge in [0.2, 0.25) is 0 Å². The van der Waals surface area contributed by atoms with Crippen LogP contribution >= 0.6 is 0 Å². The average molecular weight is 226 g/mol. The van der Waals surface area contributed by atoms with E-state index in [0.29, 0.717) is 12.5 Å². The number of hydrogen-bond donors (Lipinski definition) is 0. The summed E-state index contributed by atoms with van der Waals surface area (Å²) in [6.07, 6.45) is 10.4. The molecule has 1 rings (SSSR count). The summed E-state index contributed by atoms with van der Waals surface area (Å²) in [6, 6.07) is 0. The molecule has 1 aliphatic carbocycles. The average Bonchev–Trinajstić information content (AvgIpc) is 3.03. The Bertz CT molecular complexity index is 201. The minimum absolute atomic E-state index is 0.0403. The van der Waals surface area contributed by atoms with Gasteiger partial charge in [0.05, 0.1) is 12.5 Å². The first-order valence-corrected chi connectivity index (χ1v) is 6.96. The Kier molecular flexibility index (Phi) is 6.51. The highest BCUT2D eigenvalue weighted by molar-refractivity contribution is 5.75.